The van der Waals surface area contributed by atoms with Crippen LogP contribution in [-0.2, 0) is 9.47 Å². The molecule has 2 unspecified atom stereocenters. The average molecular weight is 288 g/mol. The Hall–Kier alpha value is 0.190. The molecule has 0 saturated carbocycles. The van der Waals surface area contributed by atoms with Gasteiger partial charge in [-0.2, -0.15) is 11.8 Å². The van der Waals surface area contributed by atoms with E-state index in [-0.39, 0.29) is 17.2 Å². The molecule has 0 aromatic rings. The molecule has 2 rings (SSSR count). The van der Waals surface area contributed by atoms with E-state index in [4.69, 9.17) is 15.3 Å². The van der Waals surface area contributed by atoms with Gasteiger partial charge in [0.05, 0.1) is 17.2 Å². The minimum atomic E-state index is -0.249. The van der Waals surface area contributed by atoms with E-state index in [1.165, 1.54) is 24.3 Å². The molecule has 1 spiro atoms. The normalized spacial score (nSPS) is 29.4. The van der Waals surface area contributed by atoms with Crippen LogP contribution in [0.1, 0.15) is 39.5 Å². The summed E-state index contributed by atoms with van der Waals surface area (Å²) in [6.07, 6.45) is 4.53. The van der Waals surface area contributed by atoms with Crippen LogP contribution >= 0.6 is 11.8 Å². The molecule has 0 aliphatic carbocycles. The molecule has 5 heteroatoms. The highest BCUT2D eigenvalue weighted by Gasteiger charge is 2.44. The standard InChI is InChI=1S/C14H28N2O2S/c1-13(2,17-3)12(16-15)11-4-7-18-14(10-11)5-8-19-9-6-14/h11-12,16H,4-10,15H2,1-3H3. The first-order valence-electron chi connectivity index (χ1n) is 7.26. The van der Waals surface area contributed by atoms with Crippen molar-refractivity contribution >= 4 is 11.8 Å². The number of hydrazine groups is 1. The Labute approximate surface area is 121 Å². The Morgan fingerprint density at radius 3 is 2.68 bits per heavy atom. The van der Waals surface area contributed by atoms with Gasteiger partial charge in [-0.3, -0.25) is 11.3 Å². The van der Waals surface area contributed by atoms with E-state index in [0.717, 1.165) is 19.4 Å². The fraction of sp³-hybridized carbons (Fsp3) is 1.00. The van der Waals surface area contributed by atoms with Gasteiger partial charge in [0.25, 0.3) is 0 Å². The Morgan fingerprint density at radius 2 is 2.11 bits per heavy atom. The van der Waals surface area contributed by atoms with Gasteiger partial charge in [0, 0.05) is 13.7 Å². The number of thioether (sulfide) groups is 1. The van der Waals surface area contributed by atoms with Crippen LogP contribution in [0.4, 0.5) is 0 Å². The van der Waals surface area contributed by atoms with Gasteiger partial charge in [0.1, 0.15) is 0 Å². The number of rotatable bonds is 4. The lowest BCUT2D eigenvalue weighted by molar-refractivity contribution is -0.124. The average Bonchev–Trinajstić information content (AvgIpc) is 2.40. The number of hydrogen-bond donors (Lipinski definition) is 2. The molecule has 0 aromatic heterocycles. The minimum Gasteiger partial charge on any atom is -0.377 e. The van der Waals surface area contributed by atoms with Gasteiger partial charge in [-0.05, 0) is 57.0 Å². The molecule has 2 atom stereocenters. The van der Waals surface area contributed by atoms with E-state index >= 15 is 0 Å². The first-order valence-corrected chi connectivity index (χ1v) is 8.41. The third kappa shape index (κ3) is 3.45. The lowest BCUT2D eigenvalue weighted by atomic mass is 9.75. The molecule has 4 nitrogen and oxygen atoms in total. The van der Waals surface area contributed by atoms with Crippen molar-refractivity contribution in [2.24, 2.45) is 11.8 Å². The molecule has 0 bridgehead atoms. The van der Waals surface area contributed by atoms with Crippen molar-refractivity contribution in [3.8, 4) is 0 Å². The molecule has 2 aliphatic heterocycles. The number of hydrogen-bond acceptors (Lipinski definition) is 5. The summed E-state index contributed by atoms with van der Waals surface area (Å²) in [4.78, 5) is 0. The minimum absolute atomic E-state index is 0.104. The number of methoxy groups -OCH3 is 1. The second-order valence-electron chi connectivity index (χ2n) is 6.35. The van der Waals surface area contributed by atoms with Crippen molar-refractivity contribution in [3.05, 3.63) is 0 Å². The monoisotopic (exact) mass is 288 g/mol. The van der Waals surface area contributed by atoms with Crippen LogP contribution in [0.3, 0.4) is 0 Å². The second-order valence-corrected chi connectivity index (χ2v) is 7.57. The molecule has 2 fully saturated rings. The van der Waals surface area contributed by atoms with Gasteiger partial charge in [0.15, 0.2) is 0 Å². The summed E-state index contributed by atoms with van der Waals surface area (Å²) >= 11 is 2.04. The van der Waals surface area contributed by atoms with E-state index in [1.807, 2.05) is 11.8 Å². The Balaban J connectivity index is 2.07. The van der Waals surface area contributed by atoms with E-state index in [2.05, 4.69) is 19.3 Å². The number of nitrogens with one attached hydrogen (secondary N) is 1. The highest BCUT2D eigenvalue weighted by molar-refractivity contribution is 7.99. The van der Waals surface area contributed by atoms with Crippen molar-refractivity contribution in [1.82, 2.24) is 5.43 Å². The lowest BCUT2D eigenvalue weighted by Gasteiger charge is -2.47. The molecule has 0 radical (unpaired) electrons. The van der Waals surface area contributed by atoms with Crippen LogP contribution in [0.2, 0.25) is 0 Å². The van der Waals surface area contributed by atoms with Crippen LogP contribution in [0.15, 0.2) is 0 Å². The molecular formula is C14H28N2O2S. The smallest absolute Gasteiger partial charge is 0.0791 e. The summed E-state index contributed by atoms with van der Waals surface area (Å²) in [5.41, 5.74) is 2.85. The molecule has 112 valence electrons. The van der Waals surface area contributed by atoms with Gasteiger partial charge in [-0.25, -0.2) is 0 Å². The number of nitrogens with two attached hydrogens (primary N) is 1. The SMILES string of the molecule is COC(C)(C)C(NN)C1CCOC2(CCSCC2)C1. The summed E-state index contributed by atoms with van der Waals surface area (Å²) in [6.45, 7) is 5.07. The molecule has 19 heavy (non-hydrogen) atoms. The summed E-state index contributed by atoms with van der Waals surface area (Å²) in [6, 6.07) is 0.174. The Morgan fingerprint density at radius 1 is 1.42 bits per heavy atom. The second kappa shape index (κ2) is 6.31. The van der Waals surface area contributed by atoms with Gasteiger partial charge in [-0.15, -0.1) is 0 Å². The molecule has 0 amide bonds. The maximum Gasteiger partial charge on any atom is 0.0791 e. The van der Waals surface area contributed by atoms with E-state index in [1.54, 1.807) is 7.11 Å². The van der Waals surface area contributed by atoms with Crippen LogP contribution in [0.25, 0.3) is 0 Å². The highest BCUT2D eigenvalue weighted by Crippen LogP contribution is 2.42. The maximum atomic E-state index is 6.15. The molecular weight excluding hydrogens is 260 g/mol. The Bertz CT molecular complexity index is 288. The maximum absolute atomic E-state index is 6.15. The highest BCUT2D eigenvalue weighted by atomic mass is 32.2. The first kappa shape index (κ1) is 15.6. The van der Waals surface area contributed by atoms with Gasteiger partial charge < -0.3 is 9.47 Å². The van der Waals surface area contributed by atoms with E-state index in [9.17, 15) is 0 Å². The summed E-state index contributed by atoms with van der Waals surface area (Å²) in [5.74, 6) is 8.78. The zero-order valence-corrected chi connectivity index (χ0v) is 13.2. The van der Waals surface area contributed by atoms with Crippen LogP contribution in [-0.4, -0.2) is 42.5 Å². The van der Waals surface area contributed by atoms with Gasteiger partial charge in [0.2, 0.25) is 0 Å². The predicted molar refractivity (Wildman–Crippen MR) is 80.2 cm³/mol. The van der Waals surface area contributed by atoms with Gasteiger partial charge >= 0.3 is 0 Å². The summed E-state index contributed by atoms with van der Waals surface area (Å²) < 4.78 is 11.8. The van der Waals surface area contributed by atoms with Crippen molar-refractivity contribution in [3.63, 3.8) is 0 Å². The van der Waals surface area contributed by atoms with Crippen LogP contribution in [0.5, 0.6) is 0 Å². The zero-order valence-electron chi connectivity index (χ0n) is 12.4. The topological polar surface area (TPSA) is 56.5 Å². The molecule has 2 heterocycles. The van der Waals surface area contributed by atoms with Crippen molar-refractivity contribution in [1.29, 1.82) is 0 Å². The molecule has 2 saturated heterocycles. The largest absolute Gasteiger partial charge is 0.377 e. The van der Waals surface area contributed by atoms with Crippen molar-refractivity contribution < 1.29 is 9.47 Å². The first-order chi connectivity index (χ1) is 9.03. The zero-order chi connectivity index (χ0) is 13.9. The van der Waals surface area contributed by atoms with E-state index in [0.29, 0.717) is 5.92 Å². The van der Waals surface area contributed by atoms with Gasteiger partial charge in [-0.1, -0.05) is 0 Å². The third-order valence-corrected chi connectivity index (χ3v) is 5.85. The Kier molecular flexibility index (Phi) is 5.17. The van der Waals surface area contributed by atoms with Crippen LogP contribution in [0, 0.1) is 5.92 Å². The fourth-order valence-electron chi connectivity index (χ4n) is 3.47. The lowest BCUT2D eigenvalue weighted by Crippen LogP contribution is -2.58. The number of ether oxygens (including phenoxy) is 2. The van der Waals surface area contributed by atoms with Crippen LogP contribution < -0.4 is 11.3 Å². The predicted octanol–water partition coefficient (Wildman–Crippen LogP) is 1.94. The molecule has 2 aliphatic rings. The molecule has 0 aromatic carbocycles. The third-order valence-electron chi connectivity index (χ3n) is 4.86. The quantitative estimate of drug-likeness (QED) is 0.611. The van der Waals surface area contributed by atoms with Crippen molar-refractivity contribution in [2.75, 3.05) is 25.2 Å². The fourth-order valence-corrected chi connectivity index (χ4v) is 4.71. The molecule has 3 N–H and O–H groups in total. The summed E-state index contributed by atoms with van der Waals surface area (Å²) in [7, 11) is 1.76. The van der Waals surface area contributed by atoms with Crippen molar-refractivity contribution in [2.45, 2.75) is 56.8 Å². The van der Waals surface area contributed by atoms with E-state index < -0.39 is 0 Å². The summed E-state index contributed by atoms with van der Waals surface area (Å²) in [5, 5.41) is 0.